The van der Waals surface area contributed by atoms with Gasteiger partial charge in [0.15, 0.2) is 12.6 Å². The van der Waals surface area contributed by atoms with Gasteiger partial charge in [0.25, 0.3) is 0 Å². The minimum atomic E-state index is -1.68. The number of hydrogen-bond acceptors (Lipinski definition) is 16. The third-order valence-corrected chi connectivity index (χ3v) is 8.21. The van der Waals surface area contributed by atoms with Crippen LogP contribution in [0.1, 0.15) is 41.5 Å². The van der Waals surface area contributed by atoms with Crippen LogP contribution in [0.15, 0.2) is 0 Å². The topological polar surface area (TPSA) is 252 Å². The van der Waals surface area contributed by atoms with Crippen molar-refractivity contribution >= 4 is 0 Å². The standard InChI is InChI=1S/C29H55NO15/c1-28(2,3)25-21(36)20(35)24(16(42-25)11-39-8-7-30)45-27-22(37)17(32)13(10-41-29(4,5)6)15(44-27)12-40-26-23(38)19(34)18(33)14(9-31)43-26/h13-27,31-38H,7-12,30H2,1-6H3. The Morgan fingerprint density at radius 3 is 1.84 bits per heavy atom. The Balaban J connectivity index is 1.83. The van der Waals surface area contributed by atoms with Crippen LogP contribution in [0.3, 0.4) is 0 Å². The molecule has 3 rings (SSSR count). The highest BCUT2D eigenvalue weighted by molar-refractivity contribution is 4.99. The van der Waals surface area contributed by atoms with Crippen molar-refractivity contribution in [3.8, 4) is 0 Å². The van der Waals surface area contributed by atoms with Crippen molar-refractivity contribution < 1.29 is 74.0 Å². The van der Waals surface area contributed by atoms with Gasteiger partial charge in [-0.05, 0) is 26.2 Å². The van der Waals surface area contributed by atoms with Crippen molar-refractivity contribution in [3.63, 3.8) is 0 Å². The van der Waals surface area contributed by atoms with Gasteiger partial charge in [0.1, 0.15) is 54.9 Å². The Morgan fingerprint density at radius 1 is 0.644 bits per heavy atom. The van der Waals surface area contributed by atoms with Crippen molar-refractivity contribution in [1.82, 2.24) is 0 Å². The lowest BCUT2D eigenvalue weighted by Crippen LogP contribution is -2.65. The van der Waals surface area contributed by atoms with Gasteiger partial charge in [0.05, 0.1) is 56.9 Å². The molecule has 0 radical (unpaired) electrons. The maximum atomic E-state index is 11.2. The second kappa shape index (κ2) is 16.2. The molecule has 15 unspecified atom stereocenters. The van der Waals surface area contributed by atoms with E-state index in [0.29, 0.717) is 0 Å². The summed E-state index contributed by atoms with van der Waals surface area (Å²) in [5, 5.41) is 84.7. The van der Waals surface area contributed by atoms with Crippen molar-refractivity contribution in [1.29, 1.82) is 0 Å². The predicted molar refractivity (Wildman–Crippen MR) is 154 cm³/mol. The zero-order chi connectivity index (χ0) is 33.9. The van der Waals surface area contributed by atoms with E-state index >= 15 is 0 Å². The molecule has 3 aliphatic rings. The van der Waals surface area contributed by atoms with Crippen molar-refractivity contribution in [2.24, 2.45) is 17.1 Å². The highest BCUT2D eigenvalue weighted by atomic mass is 16.7. The summed E-state index contributed by atoms with van der Waals surface area (Å²) >= 11 is 0. The summed E-state index contributed by atoms with van der Waals surface area (Å²) < 4.78 is 40.9. The first-order valence-corrected chi connectivity index (χ1v) is 15.4. The van der Waals surface area contributed by atoms with Crippen molar-refractivity contribution in [2.75, 3.05) is 39.6 Å². The molecule has 0 aromatic rings. The number of hydrogen-bond donors (Lipinski definition) is 9. The van der Waals surface area contributed by atoms with E-state index in [9.17, 15) is 40.9 Å². The van der Waals surface area contributed by atoms with E-state index in [-0.39, 0.29) is 33.0 Å². The van der Waals surface area contributed by atoms with Crippen LogP contribution in [-0.2, 0) is 33.2 Å². The Kier molecular flexibility index (Phi) is 13.9. The lowest BCUT2D eigenvalue weighted by molar-refractivity contribution is -0.354. The normalized spacial score (nSPS) is 43.4. The average Bonchev–Trinajstić information content (AvgIpc) is 2.95. The predicted octanol–water partition coefficient (Wildman–Crippen LogP) is -3.42. The second-order valence-corrected chi connectivity index (χ2v) is 14.0. The van der Waals surface area contributed by atoms with Crippen LogP contribution in [0, 0.1) is 11.3 Å². The minimum absolute atomic E-state index is 0.0602. The molecule has 0 bridgehead atoms. The Hall–Kier alpha value is -0.640. The molecule has 0 aromatic heterocycles. The molecule has 15 atom stereocenters. The molecule has 0 amide bonds. The van der Waals surface area contributed by atoms with Gasteiger partial charge < -0.3 is 79.7 Å². The van der Waals surface area contributed by atoms with Gasteiger partial charge >= 0.3 is 0 Å². The summed E-state index contributed by atoms with van der Waals surface area (Å²) in [5.74, 6) is -0.893. The zero-order valence-corrected chi connectivity index (χ0v) is 26.9. The van der Waals surface area contributed by atoms with Gasteiger partial charge in [-0.25, -0.2) is 0 Å². The van der Waals surface area contributed by atoms with E-state index in [4.69, 9.17) is 38.9 Å². The largest absolute Gasteiger partial charge is 0.394 e. The minimum Gasteiger partial charge on any atom is -0.394 e. The third kappa shape index (κ3) is 9.72. The van der Waals surface area contributed by atoms with Crippen molar-refractivity contribution in [2.45, 2.75) is 133 Å². The van der Waals surface area contributed by atoms with E-state index in [1.54, 1.807) is 20.8 Å². The molecule has 10 N–H and O–H groups in total. The third-order valence-electron chi connectivity index (χ3n) is 8.21. The van der Waals surface area contributed by atoms with Gasteiger partial charge in [-0.1, -0.05) is 20.8 Å². The number of aliphatic hydroxyl groups excluding tert-OH is 8. The molecule has 16 nitrogen and oxygen atoms in total. The summed E-state index contributed by atoms with van der Waals surface area (Å²) in [6, 6.07) is 0. The first kappa shape index (κ1) is 38.8. The fourth-order valence-corrected chi connectivity index (χ4v) is 5.61. The smallest absolute Gasteiger partial charge is 0.187 e. The van der Waals surface area contributed by atoms with Crippen LogP contribution in [0.25, 0.3) is 0 Å². The number of aliphatic hydroxyl groups is 8. The first-order chi connectivity index (χ1) is 20.9. The van der Waals surface area contributed by atoms with Crippen LogP contribution < -0.4 is 5.73 Å². The van der Waals surface area contributed by atoms with E-state index in [1.807, 2.05) is 20.8 Å². The summed E-state index contributed by atoms with van der Waals surface area (Å²) in [6.45, 7) is 10.2. The molecule has 3 heterocycles. The maximum absolute atomic E-state index is 11.2. The van der Waals surface area contributed by atoms with Gasteiger partial charge in [-0.2, -0.15) is 0 Å². The highest BCUT2D eigenvalue weighted by Gasteiger charge is 2.53. The van der Waals surface area contributed by atoms with Gasteiger partial charge in [-0.3, -0.25) is 0 Å². The molecule has 3 fully saturated rings. The van der Waals surface area contributed by atoms with E-state index in [0.717, 1.165) is 0 Å². The summed E-state index contributed by atoms with van der Waals surface area (Å²) in [4.78, 5) is 0. The Labute approximate surface area is 263 Å². The molecular formula is C29H55NO15. The van der Waals surface area contributed by atoms with Crippen LogP contribution in [0.2, 0.25) is 0 Å². The Morgan fingerprint density at radius 2 is 1.27 bits per heavy atom. The fraction of sp³-hybridized carbons (Fsp3) is 1.00. The van der Waals surface area contributed by atoms with Gasteiger partial charge in [-0.15, -0.1) is 0 Å². The molecule has 45 heavy (non-hydrogen) atoms. The molecule has 3 aliphatic heterocycles. The summed E-state index contributed by atoms with van der Waals surface area (Å²) in [6.07, 6.45) is -19.2. The van der Waals surface area contributed by atoms with E-state index < -0.39 is 109 Å². The lowest BCUT2D eigenvalue weighted by Gasteiger charge is -2.49. The van der Waals surface area contributed by atoms with Crippen LogP contribution in [0.5, 0.6) is 0 Å². The maximum Gasteiger partial charge on any atom is 0.187 e. The quantitative estimate of drug-likeness (QED) is 0.0927. The van der Waals surface area contributed by atoms with Crippen LogP contribution in [-0.4, -0.2) is 172 Å². The number of nitrogens with two attached hydrogens (primary N) is 1. The van der Waals surface area contributed by atoms with Gasteiger partial charge in [0.2, 0.25) is 0 Å². The first-order valence-electron chi connectivity index (χ1n) is 15.4. The SMILES string of the molecule is CC(C)(C)OCC1C(COC2OC(CO)C(O)C(O)C2O)OC(OC2C(COCCN)OC(C(C)(C)C)C(O)C2O)C(O)C1O. The molecule has 0 aliphatic carbocycles. The monoisotopic (exact) mass is 657 g/mol. The summed E-state index contributed by atoms with van der Waals surface area (Å²) in [7, 11) is 0. The molecule has 266 valence electrons. The molecule has 3 saturated heterocycles. The van der Waals surface area contributed by atoms with Crippen LogP contribution >= 0.6 is 0 Å². The highest BCUT2D eigenvalue weighted by Crippen LogP contribution is 2.37. The van der Waals surface area contributed by atoms with E-state index in [1.165, 1.54) is 0 Å². The Bertz CT molecular complexity index is 885. The van der Waals surface area contributed by atoms with Gasteiger partial charge in [0, 0.05) is 12.5 Å². The molecule has 0 saturated carbocycles. The van der Waals surface area contributed by atoms with E-state index in [2.05, 4.69) is 0 Å². The molecule has 0 aromatic carbocycles. The molecule has 0 spiro atoms. The van der Waals surface area contributed by atoms with Crippen molar-refractivity contribution in [3.05, 3.63) is 0 Å². The fourth-order valence-electron chi connectivity index (χ4n) is 5.61. The average molecular weight is 658 g/mol. The summed E-state index contributed by atoms with van der Waals surface area (Å²) in [5.41, 5.74) is 4.36. The molecule has 16 heteroatoms. The number of ether oxygens (including phenoxy) is 7. The molecular weight excluding hydrogens is 602 g/mol. The number of rotatable bonds is 12. The lowest BCUT2D eigenvalue weighted by atomic mass is 9.80. The zero-order valence-electron chi connectivity index (χ0n) is 26.9. The second-order valence-electron chi connectivity index (χ2n) is 14.0. The van der Waals surface area contributed by atoms with Crippen LogP contribution in [0.4, 0.5) is 0 Å².